The summed E-state index contributed by atoms with van der Waals surface area (Å²) in [6, 6.07) is 16.2. The molecule has 3 aromatic rings. The van der Waals surface area contributed by atoms with Gasteiger partial charge in [-0.05, 0) is 55.5 Å². The molecule has 1 atom stereocenters. The van der Waals surface area contributed by atoms with Crippen molar-refractivity contribution in [2.24, 2.45) is 0 Å². The van der Waals surface area contributed by atoms with Crippen LogP contribution >= 0.6 is 11.3 Å². The van der Waals surface area contributed by atoms with Crippen LogP contribution in [0.15, 0.2) is 66.2 Å². The fourth-order valence-corrected chi connectivity index (χ4v) is 4.86. The van der Waals surface area contributed by atoms with Crippen molar-refractivity contribution in [1.29, 1.82) is 0 Å². The van der Waals surface area contributed by atoms with Crippen molar-refractivity contribution in [1.82, 2.24) is 10.3 Å². The minimum absolute atomic E-state index is 0.140. The highest BCUT2D eigenvalue weighted by molar-refractivity contribution is 7.10. The van der Waals surface area contributed by atoms with Crippen molar-refractivity contribution in [3.63, 3.8) is 0 Å². The number of hydrogen-bond donors (Lipinski definition) is 1. The molecule has 2 amide bonds. The van der Waals surface area contributed by atoms with E-state index in [2.05, 4.69) is 10.3 Å². The second-order valence-corrected chi connectivity index (χ2v) is 8.97. The molecule has 1 aromatic carbocycles. The lowest BCUT2D eigenvalue weighted by Crippen LogP contribution is -2.47. The topological polar surface area (TPSA) is 62.3 Å². The molecular weight excluding hydrogens is 406 g/mol. The Morgan fingerprint density at radius 1 is 1.03 bits per heavy atom. The molecule has 1 aliphatic carbocycles. The maximum Gasteiger partial charge on any atom is 0.277 e. The first-order valence-electron chi connectivity index (χ1n) is 10.8. The smallest absolute Gasteiger partial charge is 0.277 e. The van der Waals surface area contributed by atoms with Gasteiger partial charge in [0.15, 0.2) is 6.04 Å². The van der Waals surface area contributed by atoms with Crippen LogP contribution in [0.4, 0.5) is 5.69 Å². The van der Waals surface area contributed by atoms with Gasteiger partial charge in [-0.1, -0.05) is 49.1 Å². The highest BCUT2D eigenvalue weighted by atomic mass is 32.1. The molecule has 0 saturated heterocycles. The van der Waals surface area contributed by atoms with Gasteiger partial charge in [-0.3, -0.25) is 19.5 Å². The Morgan fingerprint density at radius 2 is 1.81 bits per heavy atom. The van der Waals surface area contributed by atoms with E-state index in [1.807, 2.05) is 48.7 Å². The van der Waals surface area contributed by atoms with Crippen molar-refractivity contribution in [2.45, 2.75) is 51.1 Å². The summed E-state index contributed by atoms with van der Waals surface area (Å²) in [7, 11) is 0. The zero-order valence-electron chi connectivity index (χ0n) is 17.7. The maximum atomic E-state index is 13.7. The van der Waals surface area contributed by atoms with Gasteiger partial charge in [0.05, 0.1) is 0 Å². The van der Waals surface area contributed by atoms with Crippen LogP contribution in [0.5, 0.6) is 0 Å². The minimum Gasteiger partial charge on any atom is -0.351 e. The molecule has 5 nitrogen and oxygen atoms in total. The highest BCUT2D eigenvalue weighted by Gasteiger charge is 2.35. The molecule has 0 radical (unpaired) electrons. The van der Waals surface area contributed by atoms with Crippen LogP contribution in [-0.4, -0.2) is 22.8 Å². The van der Waals surface area contributed by atoms with Gasteiger partial charge in [0, 0.05) is 22.8 Å². The van der Waals surface area contributed by atoms with Gasteiger partial charge in [0.25, 0.3) is 5.91 Å². The fourth-order valence-electron chi connectivity index (χ4n) is 4.05. The summed E-state index contributed by atoms with van der Waals surface area (Å²) in [5, 5.41) is 5.17. The van der Waals surface area contributed by atoms with Crippen molar-refractivity contribution >= 4 is 28.8 Å². The Hall–Kier alpha value is -2.99. The minimum atomic E-state index is -0.751. The van der Waals surface area contributed by atoms with Gasteiger partial charge in [0.1, 0.15) is 5.69 Å². The first-order chi connectivity index (χ1) is 15.1. The molecule has 0 bridgehead atoms. The summed E-state index contributed by atoms with van der Waals surface area (Å²) >= 11 is 1.48. The molecular formula is C25H27N3O2S. The Kier molecular flexibility index (Phi) is 6.77. The SMILES string of the molecule is Cc1ccc(N(C(=O)c2ccccn2)C(C(=O)NC2CCCCC2)c2cccs2)cc1. The van der Waals surface area contributed by atoms with Gasteiger partial charge in [-0.25, -0.2) is 0 Å². The average Bonchev–Trinajstić information content (AvgIpc) is 3.33. The molecule has 1 N–H and O–H groups in total. The number of anilines is 1. The van der Waals surface area contributed by atoms with Gasteiger partial charge in [-0.15, -0.1) is 11.3 Å². The number of carbonyl (C=O) groups is 2. The van der Waals surface area contributed by atoms with E-state index in [0.717, 1.165) is 36.1 Å². The van der Waals surface area contributed by atoms with E-state index in [0.29, 0.717) is 11.4 Å². The van der Waals surface area contributed by atoms with E-state index < -0.39 is 6.04 Å². The summed E-state index contributed by atoms with van der Waals surface area (Å²) in [5.74, 6) is -0.430. The molecule has 0 aliphatic heterocycles. The molecule has 2 aromatic heterocycles. The van der Waals surface area contributed by atoms with Gasteiger partial charge in [0.2, 0.25) is 5.91 Å². The standard InChI is InChI=1S/C25H27N3O2S/c1-18-12-14-20(15-13-18)28(25(30)21-10-5-6-16-26-21)23(22-11-7-17-31-22)24(29)27-19-8-3-2-4-9-19/h5-7,10-17,19,23H,2-4,8-9H2,1H3,(H,27,29). The van der Waals surface area contributed by atoms with Crippen LogP contribution in [0.2, 0.25) is 0 Å². The van der Waals surface area contributed by atoms with Crippen LogP contribution in [0.25, 0.3) is 0 Å². The van der Waals surface area contributed by atoms with Crippen LogP contribution in [0, 0.1) is 6.92 Å². The van der Waals surface area contributed by atoms with Crippen LogP contribution in [0.3, 0.4) is 0 Å². The van der Waals surface area contributed by atoms with E-state index in [4.69, 9.17) is 0 Å². The van der Waals surface area contributed by atoms with Crippen LogP contribution < -0.4 is 10.2 Å². The van der Waals surface area contributed by atoms with Crippen LogP contribution in [0.1, 0.15) is 59.1 Å². The molecule has 1 saturated carbocycles. The summed E-state index contributed by atoms with van der Waals surface area (Å²) in [6.45, 7) is 2.00. The summed E-state index contributed by atoms with van der Waals surface area (Å²) in [6.07, 6.45) is 7.05. The van der Waals surface area contributed by atoms with Crippen molar-refractivity contribution < 1.29 is 9.59 Å². The van der Waals surface area contributed by atoms with Gasteiger partial charge >= 0.3 is 0 Å². The van der Waals surface area contributed by atoms with E-state index in [1.165, 1.54) is 17.8 Å². The van der Waals surface area contributed by atoms with E-state index in [-0.39, 0.29) is 17.9 Å². The summed E-state index contributed by atoms with van der Waals surface area (Å²) in [4.78, 5) is 33.9. The predicted molar refractivity (Wildman–Crippen MR) is 124 cm³/mol. The average molecular weight is 434 g/mol. The number of hydrogen-bond acceptors (Lipinski definition) is 4. The quantitative estimate of drug-likeness (QED) is 0.575. The Balaban J connectivity index is 1.74. The van der Waals surface area contributed by atoms with E-state index in [9.17, 15) is 9.59 Å². The molecule has 0 spiro atoms. The number of nitrogens with zero attached hydrogens (tertiary/aromatic N) is 2. The van der Waals surface area contributed by atoms with Gasteiger partial charge < -0.3 is 5.32 Å². The molecule has 1 unspecified atom stereocenters. The third-order valence-corrected chi connectivity index (χ3v) is 6.61. The largest absolute Gasteiger partial charge is 0.351 e. The number of benzene rings is 1. The molecule has 1 aliphatic rings. The number of carbonyl (C=O) groups excluding carboxylic acids is 2. The molecule has 31 heavy (non-hydrogen) atoms. The lowest BCUT2D eigenvalue weighted by atomic mass is 9.95. The Labute approximate surface area is 187 Å². The third-order valence-electron chi connectivity index (χ3n) is 5.69. The summed E-state index contributed by atoms with van der Waals surface area (Å²) in [5.41, 5.74) is 2.09. The first kappa shape index (κ1) is 21.2. The summed E-state index contributed by atoms with van der Waals surface area (Å²) < 4.78 is 0. The second-order valence-electron chi connectivity index (χ2n) is 7.99. The molecule has 6 heteroatoms. The number of aromatic nitrogens is 1. The van der Waals surface area contributed by atoms with Crippen LogP contribution in [-0.2, 0) is 4.79 Å². The number of amides is 2. The van der Waals surface area contributed by atoms with E-state index >= 15 is 0 Å². The maximum absolute atomic E-state index is 13.7. The Morgan fingerprint density at radius 3 is 2.45 bits per heavy atom. The highest BCUT2D eigenvalue weighted by Crippen LogP contribution is 2.32. The monoisotopic (exact) mass is 433 g/mol. The number of rotatable bonds is 6. The predicted octanol–water partition coefficient (Wildman–Crippen LogP) is 5.29. The number of thiophene rings is 1. The lowest BCUT2D eigenvalue weighted by molar-refractivity contribution is -0.123. The lowest BCUT2D eigenvalue weighted by Gasteiger charge is -2.32. The molecule has 2 heterocycles. The van der Waals surface area contributed by atoms with Crippen molar-refractivity contribution in [3.05, 3.63) is 82.3 Å². The molecule has 160 valence electrons. The van der Waals surface area contributed by atoms with E-state index in [1.54, 1.807) is 29.3 Å². The zero-order chi connectivity index (χ0) is 21.6. The molecule has 1 fully saturated rings. The normalized spacial score (nSPS) is 15.3. The fraction of sp³-hybridized carbons (Fsp3) is 0.320. The van der Waals surface area contributed by atoms with Crippen molar-refractivity contribution in [3.8, 4) is 0 Å². The number of aryl methyl sites for hydroxylation is 1. The Bertz CT molecular complexity index is 997. The van der Waals surface area contributed by atoms with Gasteiger partial charge in [-0.2, -0.15) is 0 Å². The van der Waals surface area contributed by atoms with Crippen molar-refractivity contribution in [2.75, 3.05) is 4.90 Å². The second kappa shape index (κ2) is 9.88. The zero-order valence-corrected chi connectivity index (χ0v) is 18.5. The number of nitrogens with one attached hydrogen (secondary N) is 1. The third kappa shape index (κ3) is 5.02. The molecule has 4 rings (SSSR count). The number of pyridine rings is 1. The first-order valence-corrected chi connectivity index (χ1v) is 11.7.